The van der Waals surface area contributed by atoms with E-state index in [9.17, 15) is 19.6 Å². The van der Waals surface area contributed by atoms with Crippen molar-refractivity contribution in [3.05, 3.63) is 40.7 Å². The first-order valence-corrected chi connectivity index (χ1v) is 13.1. The van der Waals surface area contributed by atoms with Gasteiger partial charge in [0.05, 0.1) is 23.9 Å². The van der Waals surface area contributed by atoms with Crippen molar-refractivity contribution >= 4 is 35.5 Å². The minimum atomic E-state index is -0.447. The molecule has 39 heavy (non-hydrogen) atoms. The number of aldehydes is 1. The highest BCUT2D eigenvalue weighted by molar-refractivity contribution is 6.02. The number of carbonyl (C=O) groups excluding carboxylic acids is 3. The van der Waals surface area contributed by atoms with Gasteiger partial charge in [0.15, 0.2) is 6.29 Å². The van der Waals surface area contributed by atoms with E-state index in [1.54, 1.807) is 18.0 Å². The second-order valence-corrected chi connectivity index (χ2v) is 9.95. The van der Waals surface area contributed by atoms with Crippen LogP contribution in [0.15, 0.2) is 18.3 Å². The molecule has 0 bridgehead atoms. The fraction of sp³-hybridized carbons (Fsp3) is 0.481. The number of hydrogen-bond acceptors (Lipinski definition) is 9. The Morgan fingerprint density at radius 1 is 1.28 bits per heavy atom. The van der Waals surface area contributed by atoms with Gasteiger partial charge in [0, 0.05) is 51.2 Å². The summed E-state index contributed by atoms with van der Waals surface area (Å²) in [5.74, 6) is 0.578. The molecule has 2 fully saturated rings. The first-order valence-electron chi connectivity index (χ1n) is 13.1. The standard InChI is InChI=1S/C27H31N7O5/c1-33(26(36)23-5-3-8-39-23)14-18-10-17-4-2-7-34(25(17)31-22(18)15-35)27(37)32-24-11-21(19(12-28)13-29-24)30-20-6-9-38-16-20/h10-11,13,15,20,23H,2-9,14,16H2,1H3,(H2,29,30,32,37)/t20-,23-/m1/s1. The first kappa shape index (κ1) is 26.5. The van der Waals surface area contributed by atoms with Gasteiger partial charge in [0.25, 0.3) is 5.91 Å². The van der Waals surface area contributed by atoms with Crippen LogP contribution in [-0.4, -0.2) is 78.7 Å². The van der Waals surface area contributed by atoms with Crippen LogP contribution in [0.4, 0.5) is 22.1 Å². The average Bonchev–Trinajstić information content (AvgIpc) is 3.67. The molecule has 3 amide bonds. The van der Waals surface area contributed by atoms with Crippen molar-refractivity contribution in [1.29, 1.82) is 5.26 Å². The second-order valence-electron chi connectivity index (χ2n) is 9.95. The molecule has 12 nitrogen and oxygen atoms in total. The number of rotatable bonds is 7. The number of ether oxygens (including phenoxy) is 2. The fourth-order valence-electron chi connectivity index (χ4n) is 5.11. The average molecular weight is 534 g/mol. The predicted octanol–water partition coefficient (Wildman–Crippen LogP) is 2.48. The van der Waals surface area contributed by atoms with Crippen molar-refractivity contribution in [2.24, 2.45) is 0 Å². The number of nitrogens with zero attached hydrogens (tertiary/aromatic N) is 5. The van der Waals surface area contributed by atoms with E-state index < -0.39 is 12.1 Å². The molecule has 3 aliphatic rings. The van der Waals surface area contributed by atoms with Gasteiger partial charge in [-0.05, 0) is 43.7 Å². The van der Waals surface area contributed by atoms with Crippen LogP contribution in [0.25, 0.3) is 0 Å². The molecule has 2 atom stereocenters. The molecule has 2 saturated heterocycles. The Bertz CT molecular complexity index is 1300. The van der Waals surface area contributed by atoms with E-state index in [0.29, 0.717) is 74.5 Å². The number of amides is 3. The van der Waals surface area contributed by atoms with Crippen molar-refractivity contribution in [2.45, 2.75) is 50.8 Å². The minimum Gasteiger partial charge on any atom is -0.379 e. The van der Waals surface area contributed by atoms with Gasteiger partial charge in [-0.2, -0.15) is 5.26 Å². The van der Waals surface area contributed by atoms with Gasteiger partial charge in [0.1, 0.15) is 29.5 Å². The van der Waals surface area contributed by atoms with Crippen LogP contribution in [0.5, 0.6) is 0 Å². The summed E-state index contributed by atoms with van der Waals surface area (Å²) in [6.45, 7) is 2.41. The molecule has 0 spiro atoms. The van der Waals surface area contributed by atoms with Crippen molar-refractivity contribution in [1.82, 2.24) is 14.9 Å². The Labute approximate surface area is 226 Å². The summed E-state index contributed by atoms with van der Waals surface area (Å²) < 4.78 is 10.9. The smallest absolute Gasteiger partial charge is 0.328 e. The van der Waals surface area contributed by atoms with Gasteiger partial charge in [0.2, 0.25) is 0 Å². The zero-order chi connectivity index (χ0) is 27.4. The molecule has 0 aliphatic carbocycles. The Kier molecular flexibility index (Phi) is 7.99. The monoisotopic (exact) mass is 533 g/mol. The van der Waals surface area contributed by atoms with Crippen LogP contribution in [0.2, 0.25) is 0 Å². The Morgan fingerprint density at radius 3 is 2.87 bits per heavy atom. The lowest BCUT2D eigenvalue weighted by Crippen LogP contribution is -2.40. The molecule has 204 valence electrons. The number of likely N-dealkylation sites (N-methyl/N-ethyl adjacent to an activating group) is 1. The SMILES string of the molecule is CN(Cc1cc2c(nc1C=O)N(C(=O)Nc1cc(N[C@@H]3CCOC3)c(C#N)cn1)CCC2)C(=O)[C@H]1CCCO1. The molecule has 2 N–H and O–H groups in total. The van der Waals surface area contributed by atoms with E-state index in [2.05, 4.69) is 26.7 Å². The number of aromatic nitrogens is 2. The van der Waals surface area contributed by atoms with Gasteiger partial charge in [-0.25, -0.2) is 14.8 Å². The molecular weight excluding hydrogens is 502 g/mol. The van der Waals surface area contributed by atoms with Gasteiger partial charge < -0.3 is 19.7 Å². The number of fused-ring (bicyclic) bond motifs is 1. The lowest BCUT2D eigenvalue weighted by molar-refractivity contribution is -0.140. The second kappa shape index (κ2) is 11.8. The summed E-state index contributed by atoms with van der Waals surface area (Å²) in [5, 5.41) is 15.6. The molecule has 12 heteroatoms. The third kappa shape index (κ3) is 5.84. The molecule has 3 aliphatic heterocycles. The normalized spacial score (nSPS) is 20.2. The summed E-state index contributed by atoms with van der Waals surface area (Å²) in [4.78, 5) is 49.8. The predicted molar refractivity (Wildman–Crippen MR) is 142 cm³/mol. The maximum Gasteiger partial charge on any atom is 0.328 e. The van der Waals surface area contributed by atoms with Gasteiger partial charge in [-0.1, -0.05) is 0 Å². The maximum atomic E-state index is 13.3. The minimum absolute atomic E-state index is 0.0807. The summed E-state index contributed by atoms with van der Waals surface area (Å²) in [6.07, 6.45) is 5.39. The number of carbonyl (C=O) groups is 3. The molecule has 5 rings (SSSR count). The highest BCUT2D eigenvalue weighted by atomic mass is 16.5. The number of nitrogens with one attached hydrogen (secondary N) is 2. The largest absolute Gasteiger partial charge is 0.379 e. The van der Waals surface area contributed by atoms with E-state index in [0.717, 1.165) is 18.4 Å². The van der Waals surface area contributed by atoms with Crippen molar-refractivity contribution in [3.8, 4) is 6.07 Å². The molecule has 0 radical (unpaired) electrons. The van der Waals surface area contributed by atoms with E-state index >= 15 is 0 Å². The number of aryl methyl sites for hydroxylation is 1. The van der Waals surface area contributed by atoms with E-state index in [-0.39, 0.29) is 30.0 Å². The Balaban J connectivity index is 1.33. The van der Waals surface area contributed by atoms with E-state index in [1.807, 2.05) is 6.07 Å². The molecule has 2 aromatic rings. The van der Waals surface area contributed by atoms with E-state index in [4.69, 9.17) is 9.47 Å². The summed E-state index contributed by atoms with van der Waals surface area (Å²) in [6, 6.07) is 5.25. The van der Waals surface area contributed by atoms with Crippen LogP contribution in [0.1, 0.15) is 52.9 Å². The number of nitriles is 1. The molecular formula is C27H31N7O5. The fourth-order valence-corrected chi connectivity index (χ4v) is 5.11. The van der Waals surface area contributed by atoms with Crippen LogP contribution >= 0.6 is 0 Å². The van der Waals surface area contributed by atoms with Crippen LogP contribution in [-0.2, 0) is 27.2 Å². The lowest BCUT2D eigenvalue weighted by Gasteiger charge is -2.29. The summed E-state index contributed by atoms with van der Waals surface area (Å²) in [5.41, 5.74) is 2.58. The molecule has 5 heterocycles. The molecule has 0 saturated carbocycles. The van der Waals surface area contributed by atoms with Gasteiger partial charge in [-0.3, -0.25) is 19.8 Å². The topological polar surface area (TPSA) is 150 Å². The molecule has 2 aromatic heterocycles. The third-order valence-electron chi connectivity index (χ3n) is 7.17. The van der Waals surface area contributed by atoms with Crippen LogP contribution in [0.3, 0.4) is 0 Å². The van der Waals surface area contributed by atoms with Crippen molar-refractivity contribution < 1.29 is 23.9 Å². The van der Waals surface area contributed by atoms with E-state index in [1.165, 1.54) is 11.1 Å². The van der Waals surface area contributed by atoms with Gasteiger partial charge in [-0.15, -0.1) is 0 Å². The summed E-state index contributed by atoms with van der Waals surface area (Å²) >= 11 is 0. The van der Waals surface area contributed by atoms with Crippen molar-refractivity contribution in [2.75, 3.05) is 48.9 Å². The number of urea groups is 1. The lowest BCUT2D eigenvalue weighted by atomic mass is 10.0. The number of hydrogen-bond donors (Lipinski definition) is 2. The van der Waals surface area contributed by atoms with Crippen LogP contribution < -0.4 is 15.5 Å². The quantitative estimate of drug-likeness (QED) is 0.512. The Morgan fingerprint density at radius 2 is 2.15 bits per heavy atom. The Hall–Kier alpha value is -4.08. The molecule has 0 aromatic carbocycles. The summed E-state index contributed by atoms with van der Waals surface area (Å²) in [7, 11) is 1.69. The third-order valence-corrected chi connectivity index (χ3v) is 7.17. The zero-order valence-electron chi connectivity index (χ0n) is 21.8. The zero-order valence-corrected chi connectivity index (χ0v) is 21.8. The highest BCUT2D eigenvalue weighted by Crippen LogP contribution is 2.29. The highest BCUT2D eigenvalue weighted by Gasteiger charge is 2.29. The first-order chi connectivity index (χ1) is 19.0. The maximum absolute atomic E-state index is 13.3. The van der Waals surface area contributed by atoms with Crippen molar-refractivity contribution in [3.63, 3.8) is 0 Å². The van der Waals surface area contributed by atoms with Crippen LogP contribution in [0, 0.1) is 11.3 Å². The molecule has 0 unspecified atom stereocenters. The number of pyridine rings is 2. The number of anilines is 3. The van der Waals surface area contributed by atoms with Gasteiger partial charge >= 0.3 is 6.03 Å².